The van der Waals surface area contributed by atoms with Crippen LogP contribution in [0.1, 0.15) is 23.2 Å². The molecule has 1 aliphatic rings. The number of likely N-dealkylation sites (tertiary alicyclic amines) is 1. The van der Waals surface area contributed by atoms with Crippen LogP contribution in [0.4, 0.5) is 5.69 Å². The molecule has 3 aromatic rings. The zero-order valence-corrected chi connectivity index (χ0v) is 15.6. The number of hydrogen-bond donors (Lipinski definition) is 1. The van der Waals surface area contributed by atoms with E-state index in [2.05, 4.69) is 5.32 Å². The molecule has 0 spiro atoms. The maximum atomic E-state index is 12.5. The van der Waals surface area contributed by atoms with Crippen molar-refractivity contribution >= 4 is 40.0 Å². The smallest absolute Gasteiger partial charge is 0.253 e. The number of anilines is 1. The summed E-state index contributed by atoms with van der Waals surface area (Å²) in [5, 5.41) is 4.55. The van der Waals surface area contributed by atoms with Crippen LogP contribution in [-0.2, 0) is 11.3 Å². The van der Waals surface area contributed by atoms with E-state index in [0.717, 1.165) is 36.8 Å². The van der Waals surface area contributed by atoms with Crippen LogP contribution in [0.5, 0.6) is 0 Å². The molecule has 1 saturated heterocycles. The summed E-state index contributed by atoms with van der Waals surface area (Å²) in [5.74, 6) is -0.132. The van der Waals surface area contributed by atoms with Crippen molar-refractivity contribution < 1.29 is 9.59 Å². The summed E-state index contributed by atoms with van der Waals surface area (Å²) in [5.41, 5.74) is 2.14. The number of fused-ring (bicyclic) bond motifs is 1. The number of halogens is 1. The van der Waals surface area contributed by atoms with E-state index in [-0.39, 0.29) is 18.4 Å². The van der Waals surface area contributed by atoms with Crippen molar-refractivity contribution in [1.82, 2.24) is 9.47 Å². The van der Waals surface area contributed by atoms with Gasteiger partial charge in [0, 0.05) is 41.1 Å². The van der Waals surface area contributed by atoms with E-state index < -0.39 is 0 Å². The number of hydrogen-bond acceptors (Lipinski definition) is 2. The summed E-state index contributed by atoms with van der Waals surface area (Å²) in [4.78, 5) is 26.9. The molecule has 4 rings (SSSR count). The maximum absolute atomic E-state index is 12.5. The lowest BCUT2D eigenvalue weighted by Gasteiger charge is -2.16. The first-order chi connectivity index (χ1) is 13.1. The zero-order chi connectivity index (χ0) is 18.8. The second-order valence-electron chi connectivity index (χ2n) is 6.78. The average molecular weight is 382 g/mol. The highest BCUT2D eigenvalue weighted by atomic mass is 35.5. The summed E-state index contributed by atoms with van der Waals surface area (Å²) >= 11 is 6.06. The zero-order valence-electron chi connectivity index (χ0n) is 14.8. The Morgan fingerprint density at radius 1 is 1.04 bits per heavy atom. The van der Waals surface area contributed by atoms with E-state index in [4.69, 9.17) is 11.6 Å². The largest absolute Gasteiger partial charge is 0.339 e. The minimum absolute atomic E-state index is 0.0228. The van der Waals surface area contributed by atoms with Crippen LogP contribution in [-0.4, -0.2) is 34.4 Å². The fourth-order valence-corrected chi connectivity index (χ4v) is 3.65. The summed E-state index contributed by atoms with van der Waals surface area (Å²) in [6.07, 6.45) is 3.97. The molecular formula is C21H20ClN3O2. The molecule has 0 aliphatic carbocycles. The van der Waals surface area contributed by atoms with E-state index in [1.807, 2.05) is 39.9 Å². The molecule has 6 heteroatoms. The number of benzene rings is 2. The molecule has 2 aromatic carbocycles. The minimum Gasteiger partial charge on any atom is -0.339 e. The third kappa shape index (κ3) is 3.83. The molecule has 1 N–H and O–H groups in total. The predicted molar refractivity (Wildman–Crippen MR) is 107 cm³/mol. The Balaban J connectivity index is 1.47. The number of amides is 2. The monoisotopic (exact) mass is 381 g/mol. The molecule has 5 nitrogen and oxygen atoms in total. The van der Waals surface area contributed by atoms with Crippen molar-refractivity contribution in [3.8, 4) is 0 Å². The van der Waals surface area contributed by atoms with Gasteiger partial charge >= 0.3 is 0 Å². The molecule has 0 radical (unpaired) electrons. The van der Waals surface area contributed by atoms with E-state index in [9.17, 15) is 9.59 Å². The van der Waals surface area contributed by atoms with Gasteiger partial charge in [-0.1, -0.05) is 23.7 Å². The number of aromatic nitrogens is 1. The molecular weight excluding hydrogens is 362 g/mol. The Bertz CT molecular complexity index is 1010. The van der Waals surface area contributed by atoms with E-state index in [1.165, 1.54) is 0 Å². The molecule has 0 atom stereocenters. The van der Waals surface area contributed by atoms with Gasteiger partial charge in [0.1, 0.15) is 6.54 Å². The van der Waals surface area contributed by atoms with Gasteiger partial charge in [-0.3, -0.25) is 9.59 Å². The van der Waals surface area contributed by atoms with Gasteiger partial charge in [0.25, 0.3) is 5.91 Å². The maximum Gasteiger partial charge on any atom is 0.253 e. The van der Waals surface area contributed by atoms with Gasteiger partial charge in [-0.25, -0.2) is 0 Å². The lowest BCUT2D eigenvalue weighted by Crippen LogP contribution is -2.27. The topological polar surface area (TPSA) is 54.3 Å². The second kappa shape index (κ2) is 7.45. The second-order valence-corrected chi connectivity index (χ2v) is 7.21. The lowest BCUT2D eigenvalue weighted by atomic mass is 10.1. The number of rotatable bonds is 4. The van der Waals surface area contributed by atoms with Gasteiger partial charge in [0.2, 0.25) is 5.91 Å². The average Bonchev–Trinajstić information content (AvgIpc) is 3.32. The Hall–Kier alpha value is -2.79. The summed E-state index contributed by atoms with van der Waals surface area (Å²) in [7, 11) is 0. The minimum atomic E-state index is -0.154. The Morgan fingerprint density at radius 3 is 2.67 bits per heavy atom. The number of carbonyl (C=O) groups is 2. The van der Waals surface area contributed by atoms with Crippen LogP contribution >= 0.6 is 11.6 Å². The standard InChI is InChI=1S/C21H20ClN3O2/c22-17-7-6-15-8-11-25(19(15)13-17)14-20(26)23-18-5-3-4-16(12-18)21(27)24-9-1-2-10-24/h3-8,11-13H,1-2,9-10,14H2,(H,23,26). The highest BCUT2D eigenvalue weighted by Gasteiger charge is 2.19. The molecule has 1 aliphatic heterocycles. The predicted octanol–water partition coefficient (Wildman–Crippen LogP) is 4.17. The highest BCUT2D eigenvalue weighted by Crippen LogP contribution is 2.21. The van der Waals surface area contributed by atoms with Gasteiger partial charge in [-0.05, 0) is 54.6 Å². The van der Waals surface area contributed by atoms with Gasteiger partial charge < -0.3 is 14.8 Å². The fourth-order valence-electron chi connectivity index (χ4n) is 3.48. The molecule has 0 unspecified atom stereocenters. The van der Waals surface area contributed by atoms with Crippen LogP contribution in [0.3, 0.4) is 0 Å². The van der Waals surface area contributed by atoms with Crippen LogP contribution in [0.15, 0.2) is 54.7 Å². The number of nitrogens with one attached hydrogen (secondary N) is 1. The molecule has 2 heterocycles. The van der Waals surface area contributed by atoms with Gasteiger partial charge in [-0.2, -0.15) is 0 Å². The van der Waals surface area contributed by atoms with Gasteiger partial charge in [0.05, 0.1) is 0 Å². The van der Waals surface area contributed by atoms with E-state index in [1.54, 1.807) is 24.3 Å². The third-order valence-electron chi connectivity index (χ3n) is 4.84. The fraction of sp³-hybridized carbons (Fsp3) is 0.238. The van der Waals surface area contributed by atoms with Crippen LogP contribution in [0.25, 0.3) is 10.9 Å². The molecule has 27 heavy (non-hydrogen) atoms. The van der Waals surface area contributed by atoms with Crippen molar-refractivity contribution in [3.05, 3.63) is 65.3 Å². The van der Waals surface area contributed by atoms with Crippen molar-refractivity contribution in [2.24, 2.45) is 0 Å². The summed E-state index contributed by atoms with van der Waals surface area (Å²) in [6.45, 7) is 1.78. The SMILES string of the molecule is O=C(Cn1ccc2ccc(Cl)cc21)Nc1cccc(C(=O)N2CCCC2)c1. The van der Waals surface area contributed by atoms with Crippen LogP contribution < -0.4 is 5.32 Å². The normalized spacial score (nSPS) is 13.9. The highest BCUT2D eigenvalue weighted by molar-refractivity contribution is 6.31. The molecule has 0 saturated carbocycles. The van der Waals surface area contributed by atoms with Crippen LogP contribution in [0.2, 0.25) is 5.02 Å². The molecule has 2 amide bonds. The van der Waals surface area contributed by atoms with E-state index >= 15 is 0 Å². The Labute approximate surface area is 162 Å². The molecule has 1 fully saturated rings. The molecule has 138 valence electrons. The number of carbonyl (C=O) groups excluding carboxylic acids is 2. The third-order valence-corrected chi connectivity index (χ3v) is 5.07. The quantitative estimate of drug-likeness (QED) is 0.737. The lowest BCUT2D eigenvalue weighted by molar-refractivity contribution is -0.116. The van der Waals surface area contributed by atoms with Crippen molar-refractivity contribution in [2.45, 2.75) is 19.4 Å². The van der Waals surface area contributed by atoms with E-state index in [0.29, 0.717) is 16.3 Å². The first-order valence-electron chi connectivity index (χ1n) is 9.04. The van der Waals surface area contributed by atoms with Gasteiger partial charge in [-0.15, -0.1) is 0 Å². The summed E-state index contributed by atoms with van der Waals surface area (Å²) in [6, 6.07) is 14.7. The Morgan fingerprint density at radius 2 is 1.85 bits per heavy atom. The van der Waals surface area contributed by atoms with Crippen LogP contribution in [0, 0.1) is 0 Å². The van der Waals surface area contributed by atoms with Crippen molar-refractivity contribution in [3.63, 3.8) is 0 Å². The molecule has 0 bridgehead atoms. The van der Waals surface area contributed by atoms with Crippen molar-refractivity contribution in [2.75, 3.05) is 18.4 Å². The summed E-state index contributed by atoms with van der Waals surface area (Å²) < 4.78 is 1.86. The molecule has 1 aromatic heterocycles. The first kappa shape index (κ1) is 17.6. The first-order valence-corrected chi connectivity index (χ1v) is 9.41. The Kier molecular flexibility index (Phi) is 4.86. The van der Waals surface area contributed by atoms with Crippen molar-refractivity contribution in [1.29, 1.82) is 0 Å². The number of nitrogens with zero attached hydrogens (tertiary/aromatic N) is 2. The van der Waals surface area contributed by atoms with Gasteiger partial charge in [0.15, 0.2) is 0 Å².